The fourth-order valence-electron chi connectivity index (χ4n) is 7.14. The predicted octanol–water partition coefficient (Wildman–Crippen LogP) is 5.22. The second kappa shape index (κ2) is 16.0. The minimum absolute atomic E-state index is 0.102. The molecule has 2 saturated heterocycles. The van der Waals surface area contributed by atoms with Crippen molar-refractivity contribution >= 4 is 23.2 Å². The zero-order valence-electron chi connectivity index (χ0n) is 28.6. The number of ether oxygens (including phenoxy) is 3. The van der Waals surface area contributed by atoms with Crippen LogP contribution in [0.1, 0.15) is 52.9 Å². The van der Waals surface area contributed by atoms with E-state index in [1.165, 1.54) is 4.88 Å². The van der Waals surface area contributed by atoms with Gasteiger partial charge in [-0.25, -0.2) is 0 Å². The van der Waals surface area contributed by atoms with Crippen molar-refractivity contribution in [2.45, 2.75) is 37.5 Å². The number of carbonyl (C=O) groups excluding carboxylic acids is 2. The van der Waals surface area contributed by atoms with Crippen molar-refractivity contribution in [3.63, 3.8) is 0 Å². The van der Waals surface area contributed by atoms with Crippen LogP contribution in [0.4, 0.5) is 0 Å². The van der Waals surface area contributed by atoms with Crippen LogP contribution in [0.25, 0.3) is 0 Å². The molecule has 2 aromatic carbocycles. The van der Waals surface area contributed by atoms with E-state index in [4.69, 9.17) is 14.2 Å². The Bertz CT molecular complexity index is 1430. The number of rotatable bonds is 13. The third kappa shape index (κ3) is 7.77. The number of hydrogen-bond acceptors (Lipinski definition) is 8. The lowest BCUT2D eigenvalue weighted by molar-refractivity contribution is -0.141. The van der Waals surface area contributed by atoms with Crippen LogP contribution < -0.4 is 14.2 Å². The number of likely N-dealkylation sites (N-methyl/N-ethyl adjacent to an activating group) is 2. The molecule has 5 rings (SSSR count). The van der Waals surface area contributed by atoms with Gasteiger partial charge in [0.25, 0.3) is 5.91 Å². The molecule has 10 heteroatoms. The zero-order valence-corrected chi connectivity index (χ0v) is 29.4. The Hall–Kier alpha value is -3.60. The number of amides is 2. The van der Waals surface area contributed by atoms with Crippen molar-refractivity contribution in [1.29, 1.82) is 0 Å². The van der Waals surface area contributed by atoms with Crippen molar-refractivity contribution in [2.24, 2.45) is 0 Å². The number of nitrogens with zero attached hydrogens (tertiary/aromatic N) is 4. The third-order valence-corrected chi connectivity index (χ3v) is 11.1. The average Bonchev–Trinajstić information content (AvgIpc) is 3.68. The molecule has 9 nitrogen and oxygen atoms in total. The number of thiophene rings is 1. The molecule has 47 heavy (non-hydrogen) atoms. The maximum Gasteiger partial charge on any atom is 0.253 e. The van der Waals surface area contributed by atoms with Crippen LogP contribution in [0, 0.1) is 0 Å². The normalized spacial score (nSPS) is 17.6. The molecule has 1 unspecified atom stereocenters. The Morgan fingerprint density at radius 2 is 1.53 bits per heavy atom. The zero-order chi connectivity index (χ0) is 33.4. The highest BCUT2D eigenvalue weighted by Gasteiger charge is 2.45. The van der Waals surface area contributed by atoms with Gasteiger partial charge < -0.3 is 33.8 Å². The SMILES string of the molecule is CCN1CCN(C(=O)C2(c3ccccc3)CCN(CCC(CN(C)C(=O)c3cc(OC)c(OC)c(OC)c3)c3cccs3)CC2)CC1. The predicted molar refractivity (Wildman–Crippen MR) is 187 cm³/mol. The maximum absolute atomic E-state index is 14.2. The molecule has 0 N–H and O–H groups in total. The van der Waals surface area contributed by atoms with Crippen LogP contribution in [-0.4, -0.2) is 119 Å². The van der Waals surface area contributed by atoms with Gasteiger partial charge in [0.1, 0.15) is 0 Å². The molecular formula is C37H50N4O5S. The van der Waals surface area contributed by atoms with Gasteiger partial charge in [-0.2, -0.15) is 0 Å². The second-order valence-corrected chi connectivity index (χ2v) is 13.6. The number of methoxy groups -OCH3 is 3. The van der Waals surface area contributed by atoms with E-state index >= 15 is 0 Å². The summed E-state index contributed by atoms with van der Waals surface area (Å²) in [6.45, 7) is 9.93. The highest BCUT2D eigenvalue weighted by atomic mass is 32.1. The second-order valence-electron chi connectivity index (χ2n) is 12.6. The quantitative estimate of drug-likeness (QED) is 0.249. The van der Waals surface area contributed by atoms with Crippen LogP contribution in [-0.2, 0) is 10.2 Å². The first-order valence-electron chi connectivity index (χ1n) is 16.7. The number of piperazine rings is 1. The molecule has 2 aliphatic heterocycles. The lowest BCUT2D eigenvalue weighted by atomic mass is 9.71. The van der Waals surface area contributed by atoms with E-state index in [0.29, 0.717) is 35.3 Å². The van der Waals surface area contributed by atoms with Crippen molar-refractivity contribution in [3.8, 4) is 17.2 Å². The lowest BCUT2D eigenvalue weighted by Crippen LogP contribution is -2.57. The Labute approximate surface area is 284 Å². The molecule has 3 heterocycles. The van der Waals surface area contributed by atoms with Crippen LogP contribution in [0.3, 0.4) is 0 Å². The van der Waals surface area contributed by atoms with Crippen molar-refractivity contribution < 1.29 is 23.8 Å². The molecule has 3 aromatic rings. The summed E-state index contributed by atoms with van der Waals surface area (Å²) in [5.74, 6) is 1.75. The van der Waals surface area contributed by atoms with Gasteiger partial charge in [-0.1, -0.05) is 43.3 Å². The van der Waals surface area contributed by atoms with Gasteiger partial charge in [0, 0.05) is 56.1 Å². The summed E-state index contributed by atoms with van der Waals surface area (Å²) < 4.78 is 16.4. The van der Waals surface area contributed by atoms with Crippen molar-refractivity contribution in [2.75, 3.05) is 87.3 Å². The van der Waals surface area contributed by atoms with E-state index in [-0.39, 0.29) is 11.8 Å². The summed E-state index contributed by atoms with van der Waals surface area (Å²) in [4.78, 5) is 38.0. The minimum Gasteiger partial charge on any atom is -0.493 e. The lowest BCUT2D eigenvalue weighted by Gasteiger charge is -2.45. The van der Waals surface area contributed by atoms with Crippen molar-refractivity contribution in [1.82, 2.24) is 19.6 Å². The average molecular weight is 663 g/mol. The monoisotopic (exact) mass is 662 g/mol. The summed E-state index contributed by atoms with van der Waals surface area (Å²) in [5.41, 5.74) is 1.15. The Morgan fingerprint density at radius 3 is 2.09 bits per heavy atom. The van der Waals surface area contributed by atoms with Gasteiger partial charge in [0.05, 0.1) is 26.7 Å². The van der Waals surface area contributed by atoms with Gasteiger partial charge in [-0.15, -0.1) is 11.3 Å². The van der Waals surface area contributed by atoms with Crippen LogP contribution >= 0.6 is 11.3 Å². The molecule has 2 amide bonds. The van der Waals surface area contributed by atoms with E-state index in [2.05, 4.69) is 63.4 Å². The largest absolute Gasteiger partial charge is 0.493 e. The molecule has 1 atom stereocenters. The molecule has 0 spiro atoms. The third-order valence-electron chi connectivity index (χ3n) is 10.0. The molecule has 1 aromatic heterocycles. The smallest absolute Gasteiger partial charge is 0.253 e. The topological polar surface area (TPSA) is 74.8 Å². The molecule has 2 fully saturated rings. The fraction of sp³-hybridized carbons (Fsp3) is 0.514. The molecule has 0 radical (unpaired) electrons. The van der Waals surface area contributed by atoms with E-state index in [0.717, 1.165) is 77.2 Å². The molecular weight excluding hydrogens is 612 g/mol. The first-order chi connectivity index (χ1) is 22.8. The first kappa shape index (κ1) is 34.7. The van der Waals surface area contributed by atoms with E-state index < -0.39 is 5.41 Å². The van der Waals surface area contributed by atoms with Crippen LogP contribution in [0.5, 0.6) is 17.2 Å². The van der Waals surface area contributed by atoms with Gasteiger partial charge in [-0.05, 0) is 74.6 Å². The highest BCUT2D eigenvalue weighted by molar-refractivity contribution is 7.10. The number of piperidine rings is 1. The summed E-state index contributed by atoms with van der Waals surface area (Å²) in [6, 6.07) is 18.1. The Kier molecular flexibility index (Phi) is 11.8. The number of hydrogen-bond donors (Lipinski definition) is 0. The maximum atomic E-state index is 14.2. The van der Waals surface area contributed by atoms with Crippen molar-refractivity contribution in [3.05, 3.63) is 76.0 Å². The first-order valence-corrected chi connectivity index (χ1v) is 17.6. The fourth-order valence-corrected chi connectivity index (χ4v) is 7.99. The van der Waals surface area contributed by atoms with Gasteiger partial charge in [0.2, 0.25) is 11.7 Å². The van der Waals surface area contributed by atoms with E-state index in [1.54, 1.807) is 49.7 Å². The van der Waals surface area contributed by atoms with Crippen LogP contribution in [0.15, 0.2) is 60.0 Å². The van der Waals surface area contributed by atoms with E-state index in [1.807, 2.05) is 13.1 Å². The Balaban J connectivity index is 1.25. The summed E-state index contributed by atoms with van der Waals surface area (Å²) >= 11 is 1.74. The Morgan fingerprint density at radius 1 is 0.872 bits per heavy atom. The molecule has 254 valence electrons. The number of likely N-dealkylation sites (tertiary alicyclic amines) is 1. The van der Waals surface area contributed by atoms with Gasteiger partial charge >= 0.3 is 0 Å². The summed E-state index contributed by atoms with van der Waals surface area (Å²) in [5, 5.41) is 2.10. The molecule has 0 aliphatic carbocycles. The summed E-state index contributed by atoms with van der Waals surface area (Å²) in [7, 11) is 6.51. The standard InChI is InChI=1S/C37H50N4O5S/c1-6-39-20-22-41(23-21-39)36(43)37(30-11-8-7-9-12-30)15-18-40(19-16-37)17-14-28(33-13-10-24-47-33)27-38(2)35(42)29-25-31(44-3)34(46-5)32(26-29)45-4/h7-13,24-26,28H,6,14-23,27H2,1-5H3. The van der Waals surface area contributed by atoms with E-state index in [9.17, 15) is 9.59 Å². The van der Waals surface area contributed by atoms with Gasteiger partial charge in [0.15, 0.2) is 11.5 Å². The molecule has 0 bridgehead atoms. The van der Waals surface area contributed by atoms with Crippen LogP contribution in [0.2, 0.25) is 0 Å². The van der Waals surface area contributed by atoms with Gasteiger partial charge in [-0.3, -0.25) is 9.59 Å². The number of benzene rings is 2. The molecule has 0 saturated carbocycles. The highest BCUT2D eigenvalue weighted by Crippen LogP contribution is 2.40. The minimum atomic E-state index is -0.480. The molecule has 2 aliphatic rings. The number of carbonyl (C=O) groups is 2. The summed E-state index contributed by atoms with van der Waals surface area (Å²) in [6.07, 6.45) is 2.54.